The molecule has 3 aromatic rings. The quantitative estimate of drug-likeness (QED) is 0.707. The van der Waals surface area contributed by atoms with Crippen molar-refractivity contribution >= 4 is 17.3 Å². The zero-order chi connectivity index (χ0) is 17.8. The maximum absolute atomic E-state index is 12.7. The number of hydrogen-bond donors (Lipinski definition) is 1. The van der Waals surface area contributed by atoms with Gasteiger partial charge in [0.2, 0.25) is 0 Å². The van der Waals surface area contributed by atoms with Crippen molar-refractivity contribution in [3.63, 3.8) is 0 Å². The summed E-state index contributed by atoms with van der Waals surface area (Å²) in [6.45, 7) is 2.07. The predicted molar refractivity (Wildman–Crippen MR) is 105 cm³/mol. The SMILES string of the molecule is O=C(Nc1ccccc1N1CCCCC1)c1ccc(-c2ccccc2)o1. The Balaban J connectivity index is 1.53. The fourth-order valence-electron chi connectivity index (χ4n) is 3.39. The lowest BCUT2D eigenvalue weighted by atomic mass is 10.1. The number of amides is 1. The van der Waals surface area contributed by atoms with Gasteiger partial charge in [-0.2, -0.15) is 0 Å². The average Bonchev–Trinajstić information content (AvgIpc) is 3.20. The first-order chi connectivity index (χ1) is 12.8. The van der Waals surface area contributed by atoms with Gasteiger partial charge in [0.1, 0.15) is 5.76 Å². The monoisotopic (exact) mass is 346 g/mol. The highest BCUT2D eigenvalue weighted by Crippen LogP contribution is 2.29. The first-order valence-corrected chi connectivity index (χ1v) is 9.12. The van der Waals surface area contributed by atoms with Crippen molar-refractivity contribution in [1.29, 1.82) is 0 Å². The molecule has 132 valence electrons. The van der Waals surface area contributed by atoms with Crippen LogP contribution in [0.4, 0.5) is 11.4 Å². The minimum Gasteiger partial charge on any atom is -0.451 e. The number of nitrogens with zero attached hydrogens (tertiary/aromatic N) is 1. The summed E-state index contributed by atoms with van der Waals surface area (Å²) >= 11 is 0. The van der Waals surface area contributed by atoms with Gasteiger partial charge in [0.15, 0.2) is 5.76 Å². The molecule has 1 aliphatic rings. The number of para-hydroxylation sites is 2. The normalized spacial score (nSPS) is 14.2. The number of carbonyl (C=O) groups excluding carboxylic acids is 1. The molecule has 1 saturated heterocycles. The zero-order valence-electron chi connectivity index (χ0n) is 14.7. The van der Waals surface area contributed by atoms with Crippen molar-refractivity contribution in [2.45, 2.75) is 19.3 Å². The van der Waals surface area contributed by atoms with Crippen LogP contribution in [-0.4, -0.2) is 19.0 Å². The van der Waals surface area contributed by atoms with E-state index in [1.54, 1.807) is 6.07 Å². The first-order valence-electron chi connectivity index (χ1n) is 9.12. The van der Waals surface area contributed by atoms with Gasteiger partial charge in [0.25, 0.3) is 5.91 Å². The van der Waals surface area contributed by atoms with E-state index in [0.29, 0.717) is 11.5 Å². The molecule has 0 radical (unpaired) electrons. The number of rotatable bonds is 4. The van der Waals surface area contributed by atoms with Crippen molar-refractivity contribution in [2.75, 3.05) is 23.3 Å². The number of piperidine rings is 1. The molecular formula is C22H22N2O2. The van der Waals surface area contributed by atoms with E-state index in [4.69, 9.17) is 4.42 Å². The molecule has 0 unspecified atom stereocenters. The van der Waals surface area contributed by atoms with Gasteiger partial charge >= 0.3 is 0 Å². The average molecular weight is 346 g/mol. The number of anilines is 2. The fourth-order valence-corrected chi connectivity index (χ4v) is 3.39. The lowest BCUT2D eigenvalue weighted by Crippen LogP contribution is -2.30. The summed E-state index contributed by atoms with van der Waals surface area (Å²) in [5.41, 5.74) is 2.87. The summed E-state index contributed by atoms with van der Waals surface area (Å²) in [7, 11) is 0. The molecule has 0 atom stereocenters. The van der Waals surface area contributed by atoms with Crippen molar-refractivity contribution in [1.82, 2.24) is 0 Å². The van der Waals surface area contributed by atoms with Crippen molar-refractivity contribution in [3.8, 4) is 11.3 Å². The van der Waals surface area contributed by atoms with Crippen LogP contribution in [0.15, 0.2) is 71.1 Å². The molecular weight excluding hydrogens is 324 g/mol. The Hall–Kier alpha value is -3.01. The van der Waals surface area contributed by atoms with Crippen LogP contribution in [0.2, 0.25) is 0 Å². The van der Waals surface area contributed by atoms with Crippen LogP contribution in [0.3, 0.4) is 0 Å². The molecule has 2 heterocycles. The standard InChI is InChI=1S/C22H22N2O2/c25-22(21-14-13-20(26-21)17-9-3-1-4-10-17)23-18-11-5-6-12-19(18)24-15-7-2-8-16-24/h1,3-6,9-14H,2,7-8,15-16H2,(H,23,25). The highest BCUT2D eigenvalue weighted by Gasteiger charge is 2.17. The summed E-state index contributed by atoms with van der Waals surface area (Å²) < 4.78 is 5.76. The van der Waals surface area contributed by atoms with E-state index in [0.717, 1.165) is 30.0 Å². The van der Waals surface area contributed by atoms with Crippen molar-refractivity contribution in [3.05, 3.63) is 72.5 Å². The van der Waals surface area contributed by atoms with Gasteiger partial charge in [0.05, 0.1) is 11.4 Å². The number of benzene rings is 2. The molecule has 1 aromatic heterocycles. The van der Waals surface area contributed by atoms with E-state index < -0.39 is 0 Å². The lowest BCUT2D eigenvalue weighted by molar-refractivity contribution is 0.0997. The summed E-state index contributed by atoms with van der Waals surface area (Å²) in [4.78, 5) is 15.0. The third-order valence-corrected chi connectivity index (χ3v) is 4.74. The lowest BCUT2D eigenvalue weighted by Gasteiger charge is -2.30. The Morgan fingerprint density at radius 3 is 2.38 bits per heavy atom. The third kappa shape index (κ3) is 3.49. The van der Waals surface area contributed by atoms with E-state index >= 15 is 0 Å². The van der Waals surface area contributed by atoms with Gasteiger partial charge < -0.3 is 14.6 Å². The largest absolute Gasteiger partial charge is 0.451 e. The van der Waals surface area contributed by atoms with Gasteiger partial charge in [-0.1, -0.05) is 42.5 Å². The second-order valence-corrected chi connectivity index (χ2v) is 6.55. The second-order valence-electron chi connectivity index (χ2n) is 6.55. The molecule has 1 N–H and O–H groups in total. The molecule has 0 bridgehead atoms. The molecule has 4 rings (SSSR count). The number of furan rings is 1. The van der Waals surface area contributed by atoms with Crippen LogP contribution < -0.4 is 10.2 Å². The first kappa shape index (κ1) is 16.5. The van der Waals surface area contributed by atoms with Gasteiger partial charge in [-0.3, -0.25) is 4.79 Å². The highest BCUT2D eigenvalue weighted by atomic mass is 16.3. The molecule has 4 heteroatoms. The smallest absolute Gasteiger partial charge is 0.291 e. The Morgan fingerprint density at radius 2 is 1.58 bits per heavy atom. The van der Waals surface area contributed by atoms with E-state index in [1.165, 1.54) is 19.3 Å². The number of nitrogens with one attached hydrogen (secondary N) is 1. The maximum Gasteiger partial charge on any atom is 0.291 e. The molecule has 0 aliphatic carbocycles. The van der Waals surface area contributed by atoms with Crippen molar-refractivity contribution < 1.29 is 9.21 Å². The van der Waals surface area contributed by atoms with Gasteiger partial charge in [-0.25, -0.2) is 0 Å². The molecule has 1 amide bonds. The van der Waals surface area contributed by atoms with E-state index in [1.807, 2.05) is 54.6 Å². The zero-order valence-corrected chi connectivity index (χ0v) is 14.7. The van der Waals surface area contributed by atoms with Crippen LogP contribution in [0.1, 0.15) is 29.8 Å². The predicted octanol–water partition coefficient (Wildman–Crippen LogP) is 5.19. The topological polar surface area (TPSA) is 45.5 Å². The molecule has 0 spiro atoms. The summed E-state index contributed by atoms with van der Waals surface area (Å²) in [6, 6.07) is 21.3. The molecule has 0 saturated carbocycles. The Labute approximate surface area is 153 Å². The number of carbonyl (C=O) groups is 1. The summed E-state index contributed by atoms with van der Waals surface area (Å²) in [5.74, 6) is 0.786. The van der Waals surface area contributed by atoms with Crippen LogP contribution in [-0.2, 0) is 0 Å². The van der Waals surface area contributed by atoms with E-state index in [-0.39, 0.29) is 5.91 Å². The Bertz CT molecular complexity index is 880. The second kappa shape index (κ2) is 7.48. The fraction of sp³-hybridized carbons (Fsp3) is 0.227. The Morgan fingerprint density at radius 1 is 0.846 bits per heavy atom. The minimum atomic E-state index is -0.225. The van der Waals surface area contributed by atoms with Crippen LogP contribution in [0.25, 0.3) is 11.3 Å². The Kier molecular flexibility index (Phi) is 4.73. The molecule has 2 aromatic carbocycles. The number of hydrogen-bond acceptors (Lipinski definition) is 3. The summed E-state index contributed by atoms with van der Waals surface area (Å²) in [5, 5.41) is 3.01. The highest BCUT2D eigenvalue weighted by molar-refractivity contribution is 6.04. The summed E-state index contributed by atoms with van der Waals surface area (Å²) in [6.07, 6.45) is 3.67. The van der Waals surface area contributed by atoms with Gasteiger partial charge in [0, 0.05) is 18.7 Å². The van der Waals surface area contributed by atoms with Crippen molar-refractivity contribution in [2.24, 2.45) is 0 Å². The van der Waals surface area contributed by atoms with E-state index in [9.17, 15) is 4.79 Å². The van der Waals surface area contributed by atoms with E-state index in [2.05, 4.69) is 16.3 Å². The minimum absolute atomic E-state index is 0.225. The van der Waals surface area contributed by atoms with Crippen LogP contribution in [0.5, 0.6) is 0 Å². The molecule has 1 fully saturated rings. The van der Waals surface area contributed by atoms with Crippen LogP contribution >= 0.6 is 0 Å². The molecule has 26 heavy (non-hydrogen) atoms. The third-order valence-electron chi connectivity index (χ3n) is 4.74. The molecule has 4 nitrogen and oxygen atoms in total. The van der Waals surface area contributed by atoms with Crippen LogP contribution in [0, 0.1) is 0 Å². The molecule has 1 aliphatic heterocycles. The maximum atomic E-state index is 12.7. The van der Waals surface area contributed by atoms with Gasteiger partial charge in [-0.05, 0) is 43.5 Å². The van der Waals surface area contributed by atoms with Gasteiger partial charge in [-0.15, -0.1) is 0 Å².